The minimum Gasteiger partial charge on any atom is -0.411 e. The first-order valence-corrected chi connectivity index (χ1v) is 6.95. The van der Waals surface area contributed by atoms with Gasteiger partial charge >= 0.3 is 0 Å². The Balaban J connectivity index is 1.97. The molecule has 0 saturated carbocycles. The van der Waals surface area contributed by atoms with Crippen molar-refractivity contribution in [1.82, 2.24) is 10.2 Å². The number of fused-ring (bicyclic) bond motifs is 1. The van der Waals surface area contributed by atoms with E-state index in [9.17, 15) is 4.79 Å². The lowest BCUT2D eigenvalue weighted by atomic mass is 10.0. The maximum atomic E-state index is 10.7. The van der Waals surface area contributed by atoms with E-state index in [1.165, 1.54) is 0 Å². The highest BCUT2D eigenvalue weighted by atomic mass is 32.2. The Morgan fingerprint density at radius 2 is 1.95 bits per heavy atom. The van der Waals surface area contributed by atoms with E-state index in [0.717, 1.165) is 28.1 Å². The molecule has 2 N–H and O–H groups in total. The molecule has 0 atom stereocenters. The van der Waals surface area contributed by atoms with Crippen LogP contribution in [0.4, 0.5) is 0 Å². The fourth-order valence-electron chi connectivity index (χ4n) is 1.92. The molecular weight excluding hydrogens is 274 g/mol. The maximum Gasteiger partial charge on any atom is 0.277 e. The van der Waals surface area contributed by atoms with Gasteiger partial charge in [0.25, 0.3) is 5.22 Å². The molecule has 100 valence electrons. The molecule has 1 aromatic heterocycles. The van der Waals surface area contributed by atoms with Gasteiger partial charge in [0.1, 0.15) is 0 Å². The van der Waals surface area contributed by atoms with Crippen LogP contribution in [0.15, 0.2) is 52.1 Å². The van der Waals surface area contributed by atoms with Crippen LogP contribution in [-0.2, 0) is 4.79 Å². The van der Waals surface area contributed by atoms with Gasteiger partial charge in [-0.2, -0.15) is 0 Å². The smallest absolute Gasteiger partial charge is 0.277 e. The average molecular weight is 285 g/mol. The van der Waals surface area contributed by atoms with Gasteiger partial charge in [0.05, 0.1) is 5.75 Å². The number of benzene rings is 2. The monoisotopic (exact) mass is 285 g/mol. The number of nitrogens with zero attached hydrogens (tertiary/aromatic N) is 2. The molecule has 1 amide bonds. The van der Waals surface area contributed by atoms with Gasteiger partial charge in [-0.3, -0.25) is 4.79 Å². The molecular formula is C14H11N3O2S. The first kappa shape index (κ1) is 12.7. The van der Waals surface area contributed by atoms with Gasteiger partial charge in [0.2, 0.25) is 11.8 Å². The van der Waals surface area contributed by atoms with Crippen molar-refractivity contribution in [3.63, 3.8) is 0 Å². The summed E-state index contributed by atoms with van der Waals surface area (Å²) < 4.78 is 5.56. The van der Waals surface area contributed by atoms with Gasteiger partial charge < -0.3 is 10.2 Å². The summed E-state index contributed by atoms with van der Waals surface area (Å²) in [5.74, 6) is 0.144. The predicted molar refractivity (Wildman–Crippen MR) is 77.2 cm³/mol. The topological polar surface area (TPSA) is 82.0 Å². The second-order valence-electron chi connectivity index (χ2n) is 4.15. The number of thioether (sulfide) groups is 1. The van der Waals surface area contributed by atoms with Gasteiger partial charge in [-0.05, 0) is 16.8 Å². The molecule has 0 aliphatic carbocycles. The number of nitrogens with two attached hydrogens (primary N) is 1. The predicted octanol–water partition coefficient (Wildman–Crippen LogP) is 2.47. The second-order valence-corrected chi connectivity index (χ2v) is 5.08. The number of rotatable bonds is 4. The zero-order chi connectivity index (χ0) is 13.9. The molecule has 3 rings (SSSR count). The van der Waals surface area contributed by atoms with Crippen molar-refractivity contribution in [2.24, 2.45) is 5.73 Å². The highest BCUT2D eigenvalue weighted by molar-refractivity contribution is 7.99. The van der Waals surface area contributed by atoms with Crippen LogP contribution in [0.25, 0.3) is 22.2 Å². The lowest BCUT2D eigenvalue weighted by Crippen LogP contribution is -2.12. The molecule has 0 radical (unpaired) electrons. The van der Waals surface area contributed by atoms with Crippen molar-refractivity contribution in [2.75, 3.05) is 5.75 Å². The molecule has 0 aliphatic heterocycles. The van der Waals surface area contributed by atoms with Crippen molar-refractivity contribution in [2.45, 2.75) is 5.22 Å². The molecule has 1 heterocycles. The molecule has 6 heteroatoms. The summed E-state index contributed by atoms with van der Waals surface area (Å²) in [5, 5.41) is 10.4. The molecule has 0 saturated heterocycles. The van der Waals surface area contributed by atoms with Crippen molar-refractivity contribution in [3.8, 4) is 11.5 Å². The van der Waals surface area contributed by atoms with E-state index >= 15 is 0 Å². The van der Waals surface area contributed by atoms with Crippen LogP contribution < -0.4 is 5.73 Å². The fraction of sp³-hybridized carbons (Fsp3) is 0.0714. The molecule has 5 nitrogen and oxygen atoms in total. The molecule has 0 unspecified atom stereocenters. The average Bonchev–Trinajstić information content (AvgIpc) is 2.93. The second kappa shape index (κ2) is 5.34. The van der Waals surface area contributed by atoms with E-state index in [0.29, 0.717) is 11.1 Å². The number of hydrogen-bond acceptors (Lipinski definition) is 5. The number of hydrogen-bond donors (Lipinski definition) is 1. The quantitative estimate of drug-likeness (QED) is 0.745. The highest BCUT2D eigenvalue weighted by Gasteiger charge is 2.12. The minimum atomic E-state index is -0.417. The number of carbonyl (C=O) groups excluding carboxylic acids is 1. The Morgan fingerprint density at radius 1 is 1.15 bits per heavy atom. The van der Waals surface area contributed by atoms with Crippen molar-refractivity contribution < 1.29 is 9.21 Å². The van der Waals surface area contributed by atoms with E-state index in [1.54, 1.807) is 0 Å². The summed E-state index contributed by atoms with van der Waals surface area (Å²) in [5.41, 5.74) is 5.96. The van der Waals surface area contributed by atoms with Crippen molar-refractivity contribution in [3.05, 3.63) is 42.5 Å². The van der Waals surface area contributed by atoms with Crippen LogP contribution in [0.1, 0.15) is 0 Å². The van der Waals surface area contributed by atoms with Gasteiger partial charge in [0, 0.05) is 5.56 Å². The Hall–Kier alpha value is -2.34. The molecule has 20 heavy (non-hydrogen) atoms. The Labute approximate surface area is 119 Å². The normalized spacial score (nSPS) is 10.8. The van der Waals surface area contributed by atoms with Gasteiger partial charge in [-0.15, -0.1) is 10.2 Å². The van der Waals surface area contributed by atoms with Crippen LogP contribution in [-0.4, -0.2) is 21.9 Å². The lowest BCUT2D eigenvalue weighted by molar-refractivity contribution is -0.115. The summed E-state index contributed by atoms with van der Waals surface area (Å²) in [6, 6.07) is 13.9. The zero-order valence-electron chi connectivity index (χ0n) is 10.4. The van der Waals surface area contributed by atoms with Gasteiger partial charge in [-0.25, -0.2) is 0 Å². The third-order valence-corrected chi connectivity index (χ3v) is 3.61. The molecule has 3 aromatic rings. The third-order valence-electron chi connectivity index (χ3n) is 2.76. The van der Waals surface area contributed by atoms with E-state index in [1.807, 2.05) is 42.5 Å². The number of primary amides is 1. The summed E-state index contributed by atoms with van der Waals surface area (Å²) in [6.07, 6.45) is 0. The minimum absolute atomic E-state index is 0.122. The van der Waals surface area contributed by atoms with E-state index < -0.39 is 5.91 Å². The van der Waals surface area contributed by atoms with Crippen LogP contribution in [0.3, 0.4) is 0 Å². The summed E-state index contributed by atoms with van der Waals surface area (Å²) in [6.45, 7) is 0. The highest BCUT2D eigenvalue weighted by Crippen LogP contribution is 2.29. The molecule has 0 spiro atoms. The summed E-state index contributed by atoms with van der Waals surface area (Å²) >= 11 is 1.13. The van der Waals surface area contributed by atoms with Crippen molar-refractivity contribution in [1.29, 1.82) is 0 Å². The lowest BCUT2D eigenvalue weighted by Gasteiger charge is -2.01. The van der Waals surface area contributed by atoms with E-state index in [2.05, 4.69) is 10.2 Å². The number of amides is 1. The van der Waals surface area contributed by atoms with Gasteiger partial charge in [0.15, 0.2) is 0 Å². The fourth-order valence-corrected chi connectivity index (χ4v) is 2.42. The summed E-state index contributed by atoms with van der Waals surface area (Å²) in [4.78, 5) is 10.7. The Bertz CT molecular complexity index is 764. The van der Waals surface area contributed by atoms with Crippen molar-refractivity contribution >= 4 is 28.4 Å². The SMILES string of the molecule is NC(=O)CSc1nnc(-c2cccc3ccccc23)o1. The van der Waals surface area contributed by atoms with E-state index in [-0.39, 0.29) is 5.75 Å². The summed E-state index contributed by atoms with van der Waals surface area (Å²) in [7, 11) is 0. The maximum absolute atomic E-state index is 10.7. The first-order valence-electron chi connectivity index (χ1n) is 5.97. The molecule has 0 aliphatic rings. The standard InChI is InChI=1S/C14H11N3O2S/c15-12(18)8-20-14-17-16-13(19-14)11-7-3-5-9-4-1-2-6-10(9)11/h1-7H,8H2,(H2,15,18). The molecule has 0 fully saturated rings. The molecule has 0 bridgehead atoms. The van der Waals surface area contributed by atoms with Crippen LogP contribution in [0.5, 0.6) is 0 Å². The first-order chi connectivity index (χ1) is 9.74. The Morgan fingerprint density at radius 3 is 2.80 bits per heavy atom. The number of carbonyl (C=O) groups is 1. The Kier molecular flexibility index (Phi) is 3.39. The number of aromatic nitrogens is 2. The van der Waals surface area contributed by atoms with Gasteiger partial charge in [-0.1, -0.05) is 48.2 Å². The molecule has 2 aromatic carbocycles. The van der Waals surface area contributed by atoms with E-state index in [4.69, 9.17) is 10.2 Å². The van der Waals surface area contributed by atoms with Crippen LogP contribution >= 0.6 is 11.8 Å². The zero-order valence-corrected chi connectivity index (χ0v) is 11.3. The van der Waals surface area contributed by atoms with Crippen LogP contribution in [0, 0.1) is 0 Å². The van der Waals surface area contributed by atoms with Crippen LogP contribution in [0.2, 0.25) is 0 Å². The third kappa shape index (κ3) is 2.50. The largest absolute Gasteiger partial charge is 0.411 e.